The van der Waals surface area contributed by atoms with Crippen LogP contribution in [0.4, 0.5) is 10.1 Å². The average molecular weight is 440 g/mol. The molecule has 0 spiro atoms. The highest BCUT2D eigenvalue weighted by atomic mass is 19.1. The Labute approximate surface area is 180 Å². The van der Waals surface area contributed by atoms with Gasteiger partial charge in [-0.2, -0.15) is 0 Å². The van der Waals surface area contributed by atoms with Crippen LogP contribution in [0.1, 0.15) is 62.7 Å². The lowest BCUT2D eigenvalue weighted by atomic mass is 10.1. The molecule has 172 valence electrons. The summed E-state index contributed by atoms with van der Waals surface area (Å²) in [5.74, 6) is -1.97. The Balaban J connectivity index is 2.63. The maximum absolute atomic E-state index is 14.0. The predicted molar refractivity (Wildman–Crippen MR) is 111 cm³/mol. The molecule has 0 saturated carbocycles. The molecule has 1 aromatic rings. The normalized spacial score (nSPS) is 10.4. The number of aldehydes is 1. The first-order valence-electron chi connectivity index (χ1n) is 10.3. The van der Waals surface area contributed by atoms with Crippen molar-refractivity contribution in [2.24, 2.45) is 0 Å². The summed E-state index contributed by atoms with van der Waals surface area (Å²) < 4.78 is 24.1. The fourth-order valence-electron chi connectivity index (χ4n) is 2.93. The van der Waals surface area contributed by atoms with Gasteiger partial charge in [-0.25, -0.2) is 4.39 Å². The van der Waals surface area contributed by atoms with Crippen LogP contribution in [-0.2, 0) is 14.3 Å². The van der Waals surface area contributed by atoms with Crippen molar-refractivity contribution in [3.63, 3.8) is 0 Å². The zero-order valence-electron chi connectivity index (χ0n) is 17.9. The second-order valence-corrected chi connectivity index (χ2v) is 6.92. The van der Waals surface area contributed by atoms with E-state index in [-0.39, 0.29) is 44.8 Å². The van der Waals surface area contributed by atoms with Crippen LogP contribution < -0.4 is 4.74 Å². The average Bonchev–Trinajstić information content (AvgIpc) is 2.72. The molecule has 0 radical (unpaired) electrons. The zero-order chi connectivity index (χ0) is 23.2. The number of rotatable bonds is 15. The van der Waals surface area contributed by atoms with Crippen molar-refractivity contribution in [1.29, 1.82) is 0 Å². The van der Waals surface area contributed by atoms with Gasteiger partial charge < -0.3 is 14.4 Å². The van der Waals surface area contributed by atoms with Crippen molar-refractivity contribution in [2.75, 3.05) is 26.3 Å². The van der Waals surface area contributed by atoms with Crippen LogP contribution in [0, 0.1) is 15.9 Å². The third kappa shape index (κ3) is 9.10. The van der Waals surface area contributed by atoms with Crippen LogP contribution in [0.25, 0.3) is 0 Å². The molecule has 0 fully saturated rings. The highest BCUT2D eigenvalue weighted by Crippen LogP contribution is 2.29. The lowest BCUT2D eigenvalue weighted by Gasteiger charge is -2.22. The van der Waals surface area contributed by atoms with Gasteiger partial charge in [0, 0.05) is 26.0 Å². The Morgan fingerprint density at radius 1 is 1.16 bits per heavy atom. The van der Waals surface area contributed by atoms with E-state index in [1.54, 1.807) is 4.90 Å². The summed E-state index contributed by atoms with van der Waals surface area (Å²) in [6.45, 7) is 4.20. The summed E-state index contributed by atoms with van der Waals surface area (Å²) in [5.41, 5.74) is -1.03. The van der Waals surface area contributed by atoms with E-state index in [1.165, 1.54) is 6.92 Å². The van der Waals surface area contributed by atoms with Crippen molar-refractivity contribution < 1.29 is 33.2 Å². The van der Waals surface area contributed by atoms with Crippen LogP contribution in [0.2, 0.25) is 0 Å². The fourth-order valence-corrected chi connectivity index (χ4v) is 2.93. The minimum Gasteiger partial charge on any atom is -0.489 e. The molecule has 0 aliphatic rings. The number of amides is 1. The van der Waals surface area contributed by atoms with Gasteiger partial charge in [0.15, 0.2) is 17.9 Å². The topological polar surface area (TPSA) is 116 Å². The maximum atomic E-state index is 14.0. The van der Waals surface area contributed by atoms with Crippen LogP contribution >= 0.6 is 0 Å². The lowest BCUT2D eigenvalue weighted by molar-refractivity contribution is -0.385. The number of carbonyl (C=O) groups is 3. The van der Waals surface area contributed by atoms with Gasteiger partial charge in [-0.1, -0.05) is 26.2 Å². The van der Waals surface area contributed by atoms with Crippen LogP contribution in [0.3, 0.4) is 0 Å². The molecule has 0 aliphatic heterocycles. The number of halogens is 1. The molecule has 0 aromatic heterocycles. The molecule has 0 saturated heterocycles. The Morgan fingerprint density at radius 2 is 1.90 bits per heavy atom. The molecule has 0 aliphatic carbocycles. The summed E-state index contributed by atoms with van der Waals surface area (Å²) in [6, 6.07) is 1.76. The number of nitrogens with zero attached hydrogens (tertiary/aromatic N) is 2. The van der Waals surface area contributed by atoms with E-state index >= 15 is 0 Å². The summed E-state index contributed by atoms with van der Waals surface area (Å²) in [5, 5.41) is 11.0. The van der Waals surface area contributed by atoms with Crippen LogP contribution in [-0.4, -0.2) is 54.3 Å². The molecule has 0 unspecified atom stereocenters. The molecule has 1 aromatic carbocycles. The first-order valence-corrected chi connectivity index (χ1v) is 10.3. The second-order valence-electron chi connectivity index (χ2n) is 6.92. The van der Waals surface area contributed by atoms with Gasteiger partial charge in [-0.15, -0.1) is 0 Å². The van der Waals surface area contributed by atoms with Gasteiger partial charge in [-0.3, -0.25) is 24.5 Å². The van der Waals surface area contributed by atoms with Crippen molar-refractivity contribution in [2.45, 2.75) is 52.4 Å². The maximum Gasteiger partial charge on any atom is 0.302 e. The molecule has 0 N–H and O–H groups in total. The summed E-state index contributed by atoms with van der Waals surface area (Å²) >= 11 is 0. The van der Waals surface area contributed by atoms with Crippen molar-refractivity contribution >= 4 is 23.9 Å². The summed E-state index contributed by atoms with van der Waals surface area (Å²) in [7, 11) is 0. The molecule has 9 nitrogen and oxygen atoms in total. The van der Waals surface area contributed by atoms with E-state index in [2.05, 4.69) is 6.92 Å². The standard InChI is InChI=1S/C21H29FN2O7/c1-3-4-5-6-11-23(12-14-30-16(2)26)20(27)8-7-13-31-21-17(15-25)19(24(28)29)10-9-18(21)22/h9-10,15H,3-8,11-14H2,1-2H3. The Kier molecular flexibility index (Phi) is 11.8. The first-order chi connectivity index (χ1) is 14.8. The van der Waals surface area contributed by atoms with E-state index in [0.717, 1.165) is 37.8 Å². The number of carbonyl (C=O) groups excluding carboxylic acids is 3. The van der Waals surface area contributed by atoms with Gasteiger partial charge in [0.05, 0.1) is 18.1 Å². The molecule has 0 heterocycles. The molecule has 0 bridgehead atoms. The molecular weight excluding hydrogens is 411 g/mol. The minimum atomic E-state index is -0.891. The first kappa shape index (κ1) is 26.0. The van der Waals surface area contributed by atoms with E-state index in [4.69, 9.17) is 9.47 Å². The zero-order valence-corrected chi connectivity index (χ0v) is 17.9. The number of nitro groups is 1. The molecule has 0 atom stereocenters. The fraction of sp³-hybridized carbons (Fsp3) is 0.571. The van der Waals surface area contributed by atoms with E-state index in [1.807, 2.05) is 0 Å². The van der Waals surface area contributed by atoms with Gasteiger partial charge in [0.25, 0.3) is 5.69 Å². The van der Waals surface area contributed by atoms with Gasteiger partial charge >= 0.3 is 5.97 Å². The number of benzene rings is 1. The van der Waals surface area contributed by atoms with Crippen LogP contribution in [0.5, 0.6) is 5.75 Å². The van der Waals surface area contributed by atoms with Crippen molar-refractivity contribution in [3.8, 4) is 5.75 Å². The molecular formula is C21H29FN2O7. The van der Waals surface area contributed by atoms with E-state index in [0.29, 0.717) is 6.54 Å². The van der Waals surface area contributed by atoms with Gasteiger partial charge in [0.2, 0.25) is 5.91 Å². The lowest BCUT2D eigenvalue weighted by Crippen LogP contribution is -2.35. The Hall–Kier alpha value is -3.04. The number of ether oxygens (including phenoxy) is 2. The largest absolute Gasteiger partial charge is 0.489 e. The Morgan fingerprint density at radius 3 is 2.52 bits per heavy atom. The summed E-state index contributed by atoms with van der Waals surface area (Å²) in [4.78, 5) is 46.5. The molecule has 31 heavy (non-hydrogen) atoms. The minimum absolute atomic E-state index is 0.0980. The van der Waals surface area contributed by atoms with Crippen molar-refractivity contribution in [1.82, 2.24) is 4.90 Å². The van der Waals surface area contributed by atoms with Gasteiger partial charge in [0.1, 0.15) is 12.2 Å². The third-order valence-electron chi connectivity index (χ3n) is 4.52. The second kappa shape index (κ2) is 14.1. The summed E-state index contributed by atoms with van der Waals surface area (Å²) in [6.07, 6.45) is 4.44. The quantitative estimate of drug-likeness (QED) is 0.134. The number of unbranched alkanes of at least 4 members (excludes halogenated alkanes) is 3. The molecule has 10 heteroatoms. The Bertz CT molecular complexity index is 770. The SMILES string of the molecule is CCCCCCN(CCOC(C)=O)C(=O)CCCOc1c(F)ccc([N+](=O)[O-])c1C=O. The number of hydrogen-bond donors (Lipinski definition) is 0. The van der Waals surface area contributed by atoms with Gasteiger partial charge in [-0.05, 0) is 18.9 Å². The monoisotopic (exact) mass is 440 g/mol. The molecule has 1 amide bonds. The molecule has 1 rings (SSSR count). The highest BCUT2D eigenvalue weighted by Gasteiger charge is 2.22. The number of hydrogen-bond acceptors (Lipinski definition) is 7. The number of esters is 1. The van der Waals surface area contributed by atoms with Crippen LogP contribution in [0.15, 0.2) is 12.1 Å². The van der Waals surface area contributed by atoms with Crippen molar-refractivity contribution in [3.05, 3.63) is 33.6 Å². The predicted octanol–water partition coefficient (Wildman–Crippen LogP) is 3.68. The third-order valence-corrected chi connectivity index (χ3v) is 4.52. The number of nitro benzene ring substituents is 1. The highest BCUT2D eigenvalue weighted by molar-refractivity contribution is 5.85. The van der Waals surface area contributed by atoms with E-state index < -0.39 is 33.7 Å². The smallest absolute Gasteiger partial charge is 0.302 e. The van der Waals surface area contributed by atoms with E-state index in [9.17, 15) is 28.9 Å².